The van der Waals surface area contributed by atoms with Gasteiger partial charge in [0.1, 0.15) is 6.29 Å². The molecule has 4 rings (SSSR count). The molecule has 0 saturated heterocycles. The number of fused-ring (bicyclic) bond motifs is 5. The standard InChI is InChI=1S/C15H10N2O/c18-8-9-7-16-14-10(9)5-6-12-11-3-1-2-4-13(11)17-15(12)14/h1-6,8,17H,7H2. The average Bonchev–Trinajstić information content (AvgIpc) is 2.99. The highest BCUT2D eigenvalue weighted by Gasteiger charge is 2.11. The van der Waals surface area contributed by atoms with E-state index in [1.54, 1.807) is 0 Å². The van der Waals surface area contributed by atoms with Gasteiger partial charge in [0.2, 0.25) is 0 Å². The van der Waals surface area contributed by atoms with Crippen LogP contribution in [0.3, 0.4) is 0 Å². The summed E-state index contributed by atoms with van der Waals surface area (Å²) < 4.78 is 0. The lowest BCUT2D eigenvalue weighted by molar-refractivity contribution is -0.103. The third-order valence-corrected chi connectivity index (χ3v) is 3.55. The first kappa shape index (κ1) is 9.59. The summed E-state index contributed by atoms with van der Waals surface area (Å²) in [5.41, 5.74) is 2.91. The van der Waals surface area contributed by atoms with Crippen molar-refractivity contribution >= 4 is 33.7 Å². The van der Waals surface area contributed by atoms with E-state index in [2.05, 4.69) is 28.2 Å². The number of carbonyl (C=O) groups is 1. The lowest BCUT2D eigenvalue weighted by Gasteiger charge is -1.90. The number of para-hydroxylation sites is 1. The van der Waals surface area contributed by atoms with Crippen molar-refractivity contribution < 1.29 is 4.79 Å². The molecule has 0 radical (unpaired) electrons. The van der Waals surface area contributed by atoms with Crippen LogP contribution in [0.2, 0.25) is 0 Å². The molecule has 18 heavy (non-hydrogen) atoms. The molecular weight excluding hydrogens is 224 g/mol. The van der Waals surface area contributed by atoms with Crippen LogP contribution in [0.4, 0.5) is 0 Å². The number of carbonyl (C=O) groups excluding carboxylic acids is 1. The summed E-state index contributed by atoms with van der Waals surface area (Å²) in [7, 11) is 0. The van der Waals surface area contributed by atoms with Gasteiger partial charge in [-0.2, -0.15) is 0 Å². The van der Waals surface area contributed by atoms with Crippen molar-refractivity contribution in [3.63, 3.8) is 0 Å². The predicted octanol–water partition coefficient (Wildman–Crippen LogP) is 1.30. The Balaban J connectivity index is 2.31. The van der Waals surface area contributed by atoms with Crippen molar-refractivity contribution in [1.29, 1.82) is 0 Å². The van der Waals surface area contributed by atoms with Crippen molar-refractivity contribution in [2.24, 2.45) is 4.99 Å². The van der Waals surface area contributed by atoms with Crippen LogP contribution >= 0.6 is 0 Å². The Morgan fingerprint density at radius 2 is 2.00 bits per heavy atom. The van der Waals surface area contributed by atoms with Gasteiger partial charge in [-0.25, -0.2) is 0 Å². The molecule has 3 heteroatoms. The first-order chi connectivity index (χ1) is 8.88. The molecule has 1 aliphatic heterocycles. The number of aromatic nitrogens is 1. The minimum absolute atomic E-state index is 0.493. The second-order valence-corrected chi connectivity index (χ2v) is 4.51. The van der Waals surface area contributed by atoms with E-state index in [1.165, 1.54) is 10.8 Å². The van der Waals surface area contributed by atoms with E-state index in [9.17, 15) is 4.79 Å². The van der Waals surface area contributed by atoms with Crippen LogP contribution in [0, 0.1) is 0 Å². The minimum Gasteiger partial charge on any atom is -0.353 e. The van der Waals surface area contributed by atoms with Gasteiger partial charge in [-0.15, -0.1) is 0 Å². The predicted molar refractivity (Wildman–Crippen MR) is 70.9 cm³/mol. The van der Waals surface area contributed by atoms with Crippen LogP contribution in [0.15, 0.2) is 41.4 Å². The monoisotopic (exact) mass is 234 g/mol. The van der Waals surface area contributed by atoms with Gasteiger partial charge in [0.15, 0.2) is 0 Å². The normalized spacial score (nSPS) is 13.9. The number of hydrogen-bond acceptors (Lipinski definition) is 2. The van der Waals surface area contributed by atoms with Crippen molar-refractivity contribution in [2.75, 3.05) is 6.54 Å². The average molecular weight is 234 g/mol. The van der Waals surface area contributed by atoms with E-state index < -0.39 is 0 Å². The number of nitrogens with one attached hydrogen (secondary N) is 1. The summed E-state index contributed by atoms with van der Waals surface area (Å²) in [4.78, 5) is 18.8. The number of H-pyrrole nitrogens is 1. The summed E-state index contributed by atoms with van der Waals surface area (Å²) in [6.45, 7) is 0.493. The number of benzene rings is 2. The number of aldehydes is 1. The Morgan fingerprint density at radius 3 is 2.89 bits per heavy atom. The molecule has 0 fully saturated rings. The molecule has 1 aromatic heterocycles. The van der Waals surface area contributed by atoms with Gasteiger partial charge >= 0.3 is 0 Å². The van der Waals surface area contributed by atoms with Crippen LogP contribution in [0.1, 0.15) is 0 Å². The Hall–Kier alpha value is -2.42. The Labute approximate surface area is 102 Å². The molecule has 3 aromatic rings. The summed E-state index contributed by atoms with van der Waals surface area (Å²) in [5.74, 6) is 0. The van der Waals surface area contributed by atoms with Crippen LogP contribution in [-0.2, 0) is 4.79 Å². The fraction of sp³-hybridized carbons (Fsp3) is 0.0667. The van der Waals surface area contributed by atoms with Gasteiger partial charge in [-0.1, -0.05) is 30.3 Å². The summed E-state index contributed by atoms with van der Waals surface area (Å²) >= 11 is 0. The van der Waals surface area contributed by atoms with Crippen molar-refractivity contribution in [2.45, 2.75) is 0 Å². The van der Waals surface area contributed by atoms with Crippen molar-refractivity contribution in [3.8, 4) is 0 Å². The molecule has 0 saturated carbocycles. The Kier molecular flexibility index (Phi) is 1.75. The van der Waals surface area contributed by atoms with Gasteiger partial charge < -0.3 is 4.98 Å². The van der Waals surface area contributed by atoms with Crippen molar-refractivity contribution in [1.82, 2.24) is 4.98 Å². The number of hydrogen-bond donors (Lipinski definition) is 1. The molecule has 0 spiro atoms. The van der Waals surface area contributed by atoms with Gasteiger partial charge in [0, 0.05) is 27.1 Å². The lowest BCUT2D eigenvalue weighted by Crippen LogP contribution is -2.24. The molecule has 2 aromatic carbocycles. The third-order valence-electron chi connectivity index (χ3n) is 3.55. The first-order valence-electron chi connectivity index (χ1n) is 5.91. The highest BCUT2D eigenvalue weighted by molar-refractivity contribution is 6.08. The van der Waals surface area contributed by atoms with Crippen LogP contribution < -0.4 is 10.6 Å². The van der Waals surface area contributed by atoms with Crippen LogP contribution in [0.5, 0.6) is 0 Å². The fourth-order valence-electron chi connectivity index (χ4n) is 2.68. The lowest BCUT2D eigenvalue weighted by atomic mass is 10.1. The summed E-state index contributed by atoms with van der Waals surface area (Å²) in [6, 6.07) is 12.3. The maximum absolute atomic E-state index is 11.0. The van der Waals surface area contributed by atoms with Crippen molar-refractivity contribution in [3.05, 3.63) is 47.0 Å². The smallest absolute Gasteiger partial charge is 0.148 e. The van der Waals surface area contributed by atoms with Crippen LogP contribution in [0.25, 0.3) is 27.4 Å². The topological polar surface area (TPSA) is 45.2 Å². The minimum atomic E-state index is 0.493. The number of nitrogens with zero attached hydrogens (tertiary/aromatic N) is 1. The molecular formula is C15H10N2O. The van der Waals surface area contributed by atoms with E-state index in [4.69, 9.17) is 0 Å². The molecule has 0 aliphatic carbocycles. The highest BCUT2D eigenvalue weighted by atomic mass is 16.1. The van der Waals surface area contributed by atoms with E-state index in [-0.39, 0.29) is 0 Å². The first-order valence-corrected chi connectivity index (χ1v) is 5.91. The highest BCUT2D eigenvalue weighted by Crippen LogP contribution is 2.22. The second-order valence-electron chi connectivity index (χ2n) is 4.51. The Bertz CT molecular complexity index is 919. The largest absolute Gasteiger partial charge is 0.353 e. The summed E-state index contributed by atoms with van der Waals surface area (Å²) in [6.07, 6.45) is 0.907. The molecule has 0 amide bonds. The number of aromatic amines is 1. The zero-order valence-electron chi connectivity index (χ0n) is 9.60. The molecule has 3 nitrogen and oxygen atoms in total. The van der Waals surface area contributed by atoms with E-state index >= 15 is 0 Å². The van der Waals surface area contributed by atoms with E-state index in [0.717, 1.165) is 33.5 Å². The Morgan fingerprint density at radius 1 is 1.11 bits per heavy atom. The molecule has 86 valence electrons. The van der Waals surface area contributed by atoms with Crippen LogP contribution in [-0.4, -0.2) is 17.8 Å². The number of rotatable bonds is 1. The maximum Gasteiger partial charge on any atom is 0.148 e. The maximum atomic E-state index is 11.0. The fourth-order valence-corrected chi connectivity index (χ4v) is 2.68. The molecule has 1 N–H and O–H groups in total. The molecule has 2 heterocycles. The zero-order chi connectivity index (χ0) is 12.1. The molecule has 1 aliphatic rings. The van der Waals surface area contributed by atoms with Gasteiger partial charge in [-0.3, -0.25) is 9.79 Å². The quantitative estimate of drug-likeness (QED) is 0.634. The molecule has 0 unspecified atom stereocenters. The van der Waals surface area contributed by atoms with Gasteiger partial charge in [0.25, 0.3) is 0 Å². The molecule has 0 bridgehead atoms. The summed E-state index contributed by atoms with van der Waals surface area (Å²) in [5, 5.41) is 4.25. The molecule has 0 atom stereocenters. The zero-order valence-corrected chi connectivity index (χ0v) is 9.60. The van der Waals surface area contributed by atoms with Gasteiger partial charge in [-0.05, 0) is 6.07 Å². The SMILES string of the molecule is O=CC1=c2ccc3c([nH]c4ccccc43)c2=NC1. The second kappa shape index (κ2) is 3.29. The van der Waals surface area contributed by atoms with Gasteiger partial charge in [0.05, 0.1) is 17.4 Å². The van der Waals surface area contributed by atoms with E-state index in [0.29, 0.717) is 6.54 Å². The van der Waals surface area contributed by atoms with E-state index in [1.807, 2.05) is 18.2 Å². The third kappa shape index (κ3) is 1.08.